The van der Waals surface area contributed by atoms with E-state index in [0.717, 1.165) is 17.7 Å². The summed E-state index contributed by atoms with van der Waals surface area (Å²) in [6.07, 6.45) is 1.37. The van der Waals surface area contributed by atoms with E-state index in [1.165, 1.54) is 11.0 Å². The monoisotopic (exact) mass is 377 g/mol. The summed E-state index contributed by atoms with van der Waals surface area (Å²) in [4.78, 5) is 27.1. The van der Waals surface area contributed by atoms with E-state index in [1.54, 1.807) is 36.1 Å². The molecule has 0 N–H and O–H groups in total. The molecular formula is C20H19N5O3. The zero-order valence-corrected chi connectivity index (χ0v) is 15.5. The summed E-state index contributed by atoms with van der Waals surface area (Å²) in [7, 11) is 0. The fraction of sp³-hybridized carbons (Fsp3) is 0.250. The predicted molar refractivity (Wildman–Crippen MR) is 101 cm³/mol. The molecule has 4 rings (SSSR count). The Morgan fingerprint density at radius 1 is 1.14 bits per heavy atom. The third-order valence-corrected chi connectivity index (χ3v) is 4.79. The summed E-state index contributed by atoms with van der Waals surface area (Å²) in [6, 6.07) is 14.5. The molecule has 1 aromatic heterocycles. The number of fused-ring (bicyclic) bond motifs is 1. The van der Waals surface area contributed by atoms with Crippen LogP contribution in [0.3, 0.4) is 0 Å². The van der Waals surface area contributed by atoms with Crippen LogP contribution in [0.25, 0.3) is 5.69 Å². The first kappa shape index (κ1) is 17.8. The Hall–Kier alpha value is -3.55. The van der Waals surface area contributed by atoms with Gasteiger partial charge in [0.25, 0.3) is 5.91 Å². The number of aromatic nitrogens is 4. The zero-order chi connectivity index (χ0) is 19.7. The average Bonchev–Trinajstić information content (AvgIpc) is 3.34. The Labute approximate surface area is 161 Å². The first-order chi connectivity index (χ1) is 13.5. The van der Waals surface area contributed by atoms with Gasteiger partial charge in [-0.2, -0.15) is 0 Å². The maximum Gasteiger partial charge on any atom is 0.338 e. The first-order valence-electron chi connectivity index (χ1n) is 9.00. The van der Waals surface area contributed by atoms with E-state index >= 15 is 0 Å². The third kappa shape index (κ3) is 3.24. The van der Waals surface area contributed by atoms with Crippen LogP contribution in [0, 0.1) is 0 Å². The van der Waals surface area contributed by atoms with Crippen LogP contribution >= 0.6 is 0 Å². The van der Waals surface area contributed by atoms with Gasteiger partial charge in [0.05, 0.1) is 11.3 Å². The lowest BCUT2D eigenvalue weighted by Crippen LogP contribution is -2.43. The number of ether oxygens (including phenoxy) is 1. The van der Waals surface area contributed by atoms with Crippen LogP contribution in [0.4, 0.5) is 5.69 Å². The number of nitrogens with zero attached hydrogens (tertiary/aromatic N) is 5. The van der Waals surface area contributed by atoms with E-state index in [1.807, 2.05) is 31.2 Å². The predicted octanol–water partition coefficient (Wildman–Crippen LogP) is 2.19. The summed E-state index contributed by atoms with van der Waals surface area (Å²) < 4.78 is 6.91. The van der Waals surface area contributed by atoms with E-state index in [2.05, 4.69) is 15.5 Å². The fourth-order valence-corrected chi connectivity index (χ4v) is 3.41. The normalized spacial score (nSPS) is 16.5. The van der Waals surface area contributed by atoms with Gasteiger partial charge in [-0.15, -0.1) is 5.10 Å². The van der Waals surface area contributed by atoms with Gasteiger partial charge in [0.15, 0.2) is 6.10 Å². The Morgan fingerprint density at radius 3 is 2.61 bits per heavy atom. The number of rotatable bonds is 4. The van der Waals surface area contributed by atoms with Crippen molar-refractivity contribution in [2.24, 2.45) is 0 Å². The van der Waals surface area contributed by atoms with Crippen LogP contribution in [0.1, 0.15) is 29.8 Å². The van der Waals surface area contributed by atoms with Crippen molar-refractivity contribution in [1.29, 1.82) is 0 Å². The van der Waals surface area contributed by atoms with Gasteiger partial charge in [0.2, 0.25) is 0 Å². The lowest BCUT2D eigenvalue weighted by Gasteiger charge is -2.25. The van der Waals surface area contributed by atoms with Crippen molar-refractivity contribution in [3.63, 3.8) is 0 Å². The molecule has 142 valence electrons. The Kier molecular flexibility index (Phi) is 4.60. The summed E-state index contributed by atoms with van der Waals surface area (Å²) in [5.41, 5.74) is 3.08. The molecule has 0 spiro atoms. The van der Waals surface area contributed by atoms with Crippen LogP contribution in [0.5, 0.6) is 0 Å². The van der Waals surface area contributed by atoms with E-state index in [9.17, 15) is 9.59 Å². The standard InChI is InChI=1S/C20H19N5O3/c1-13-11-16-5-3-4-6-18(16)25(13)19(26)14(2)28-20(27)15-7-9-17(10-8-15)24-12-21-22-23-24/h3-10,12-14H,11H2,1-2H3/t13-,14+/m1/s1. The van der Waals surface area contributed by atoms with Crippen molar-refractivity contribution in [3.05, 3.63) is 66.0 Å². The maximum atomic E-state index is 12.9. The van der Waals surface area contributed by atoms with E-state index < -0.39 is 12.1 Å². The van der Waals surface area contributed by atoms with E-state index in [4.69, 9.17) is 4.74 Å². The van der Waals surface area contributed by atoms with Crippen LogP contribution in [-0.2, 0) is 16.0 Å². The molecule has 0 unspecified atom stereocenters. The second kappa shape index (κ2) is 7.22. The molecule has 2 aromatic carbocycles. The molecule has 1 amide bonds. The van der Waals surface area contributed by atoms with Crippen molar-refractivity contribution in [2.45, 2.75) is 32.4 Å². The quantitative estimate of drug-likeness (QED) is 0.648. The number of anilines is 1. The second-order valence-electron chi connectivity index (χ2n) is 6.74. The number of amides is 1. The minimum Gasteiger partial charge on any atom is -0.449 e. The van der Waals surface area contributed by atoms with Gasteiger partial charge in [-0.05, 0) is 66.6 Å². The number of para-hydroxylation sites is 1. The first-order valence-corrected chi connectivity index (χ1v) is 9.00. The smallest absolute Gasteiger partial charge is 0.338 e. The number of esters is 1. The van der Waals surface area contributed by atoms with Crippen LogP contribution in [-0.4, -0.2) is 44.2 Å². The summed E-state index contributed by atoms with van der Waals surface area (Å²) >= 11 is 0. The highest BCUT2D eigenvalue weighted by Crippen LogP contribution is 2.32. The van der Waals surface area contributed by atoms with Crippen molar-refractivity contribution < 1.29 is 14.3 Å². The van der Waals surface area contributed by atoms with Crippen LogP contribution < -0.4 is 4.90 Å². The minimum absolute atomic E-state index is 0.0293. The molecule has 8 nitrogen and oxygen atoms in total. The van der Waals surface area contributed by atoms with Crippen molar-refractivity contribution in [2.75, 3.05) is 4.90 Å². The Morgan fingerprint density at radius 2 is 1.89 bits per heavy atom. The topological polar surface area (TPSA) is 90.2 Å². The number of carbonyl (C=O) groups excluding carboxylic acids is 2. The van der Waals surface area contributed by atoms with Crippen molar-refractivity contribution in [1.82, 2.24) is 20.2 Å². The molecule has 0 radical (unpaired) electrons. The van der Waals surface area contributed by atoms with Crippen molar-refractivity contribution in [3.8, 4) is 5.69 Å². The fourth-order valence-electron chi connectivity index (χ4n) is 3.41. The molecule has 28 heavy (non-hydrogen) atoms. The molecule has 2 atom stereocenters. The number of benzene rings is 2. The van der Waals surface area contributed by atoms with Gasteiger partial charge in [0, 0.05) is 11.7 Å². The highest BCUT2D eigenvalue weighted by Gasteiger charge is 2.34. The Balaban J connectivity index is 1.45. The maximum absolute atomic E-state index is 12.9. The number of carbonyl (C=O) groups is 2. The van der Waals surface area contributed by atoms with Crippen LogP contribution in [0.15, 0.2) is 54.9 Å². The van der Waals surface area contributed by atoms with Gasteiger partial charge in [-0.3, -0.25) is 4.79 Å². The SMILES string of the molecule is C[C@H](OC(=O)c1ccc(-n2cnnn2)cc1)C(=O)N1c2ccccc2C[C@H]1C. The zero-order valence-electron chi connectivity index (χ0n) is 15.5. The Bertz CT molecular complexity index is 1000. The lowest BCUT2D eigenvalue weighted by atomic mass is 10.1. The molecule has 1 aliphatic rings. The number of hydrogen-bond acceptors (Lipinski definition) is 6. The van der Waals surface area contributed by atoms with Gasteiger partial charge >= 0.3 is 5.97 Å². The van der Waals surface area contributed by atoms with Crippen LogP contribution in [0.2, 0.25) is 0 Å². The molecule has 0 saturated carbocycles. The molecule has 0 fully saturated rings. The second-order valence-corrected chi connectivity index (χ2v) is 6.74. The lowest BCUT2D eigenvalue weighted by molar-refractivity contribution is -0.126. The largest absolute Gasteiger partial charge is 0.449 e. The average molecular weight is 377 g/mol. The molecule has 3 aromatic rings. The molecule has 0 bridgehead atoms. The summed E-state index contributed by atoms with van der Waals surface area (Å²) in [6.45, 7) is 3.59. The number of hydrogen-bond donors (Lipinski definition) is 0. The minimum atomic E-state index is -0.889. The highest BCUT2D eigenvalue weighted by atomic mass is 16.5. The van der Waals surface area contributed by atoms with Gasteiger partial charge < -0.3 is 9.64 Å². The molecule has 2 heterocycles. The summed E-state index contributed by atoms with van der Waals surface area (Å²) in [5, 5.41) is 10.9. The highest BCUT2D eigenvalue weighted by molar-refractivity contribution is 6.00. The molecule has 0 saturated heterocycles. The molecule has 0 aliphatic carbocycles. The van der Waals surface area contributed by atoms with Gasteiger partial charge in [0.1, 0.15) is 6.33 Å². The molecule has 1 aliphatic heterocycles. The van der Waals surface area contributed by atoms with Gasteiger partial charge in [-0.1, -0.05) is 18.2 Å². The van der Waals surface area contributed by atoms with E-state index in [-0.39, 0.29) is 11.9 Å². The summed E-state index contributed by atoms with van der Waals surface area (Å²) in [5.74, 6) is -0.777. The number of tetrazole rings is 1. The molecule has 8 heteroatoms. The van der Waals surface area contributed by atoms with Crippen molar-refractivity contribution >= 4 is 17.6 Å². The molecular weight excluding hydrogens is 358 g/mol. The van der Waals surface area contributed by atoms with Gasteiger partial charge in [-0.25, -0.2) is 9.48 Å². The third-order valence-electron chi connectivity index (χ3n) is 4.79. The van der Waals surface area contributed by atoms with E-state index in [0.29, 0.717) is 11.3 Å².